The van der Waals surface area contributed by atoms with Crippen molar-refractivity contribution < 1.29 is 14.6 Å². The number of carboxylic acid groups (broad SMARTS) is 1. The number of benzene rings is 2. The molecule has 1 atom stereocenters. The van der Waals surface area contributed by atoms with Crippen LogP contribution in [0.3, 0.4) is 0 Å². The van der Waals surface area contributed by atoms with Gasteiger partial charge in [0.1, 0.15) is 11.8 Å². The molecular formula is C18H21NO3. The van der Waals surface area contributed by atoms with E-state index in [0.29, 0.717) is 6.42 Å². The number of nitrogens with one attached hydrogen (secondary N) is 1. The van der Waals surface area contributed by atoms with Crippen molar-refractivity contribution in [1.82, 2.24) is 0 Å². The van der Waals surface area contributed by atoms with Gasteiger partial charge in [0.15, 0.2) is 0 Å². The lowest BCUT2D eigenvalue weighted by atomic mass is 10.1. The summed E-state index contributed by atoms with van der Waals surface area (Å²) in [7, 11) is 0. The molecule has 0 amide bonds. The Bertz CT molecular complexity index is 593. The summed E-state index contributed by atoms with van der Waals surface area (Å²) < 4.78 is 5.57. The van der Waals surface area contributed by atoms with Gasteiger partial charge in [-0.05, 0) is 43.7 Å². The summed E-state index contributed by atoms with van der Waals surface area (Å²) >= 11 is 0. The van der Waals surface area contributed by atoms with Gasteiger partial charge in [0, 0.05) is 12.1 Å². The fourth-order valence-electron chi connectivity index (χ4n) is 2.15. The maximum Gasteiger partial charge on any atom is 0.326 e. The quantitative estimate of drug-likeness (QED) is 0.820. The number of hydrogen-bond acceptors (Lipinski definition) is 3. The van der Waals surface area contributed by atoms with Gasteiger partial charge >= 0.3 is 5.97 Å². The molecule has 0 saturated carbocycles. The van der Waals surface area contributed by atoms with Crippen LogP contribution in [0.4, 0.5) is 5.69 Å². The van der Waals surface area contributed by atoms with E-state index in [2.05, 4.69) is 5.32 Å². The second kappa shape index (κ2) is 7.50. The van der Waals surface area contributed by atoms with Gasteiger partial charge in [-0.1, -0.05) is 30.3 Å². The summed E-state index contributed by atoms with van der Waals surface area (Å²) in [6.07, 6.45) is 0.545. The van der Waals surface area contributed by atoms with E-state index in [-0.39, 0.29) is 6.10 Å². The summed E-state index contributed by atoms with van der Waals surface area (Å²) in [5, 5.41) is 12.4. The van der Waals surface area contributed by atoms with E-state index in [0.717, 1.165) is 17.0 Å². The van der Waals surface area contributed by atoms with Crippen LogP contribution in [0.1, 0.15) is 19.4 Å². The van der Waals surface area contributed by atoms with Gasteiger partial charge in [-0.15, -0.1) is 0 Å². The molecule has 4 heteroatoms. The van der Waals surface area contributed by atoms with Crippen molar-refractivity contribution in [2.45, 2.75) is 32.4 Å². The van der Waals surface area contributed by atoms with Gasteiger partial charge in [-0.3, -0.25) is 0 Å². The van der Waals surface area contributed by atoms with Gasteiger partial charge in [-0.25, -0.2) is 4.79 Å². The molecule has 0 unspecified atom stereocenters. The average molecular weight is 299 g/mol. The number of carboxylic acids is 1. The number of ether oxygens (including phenoxy) is 1. The second-order valence-electron chi connectivity index (χ2n) is 5.42. The van der Waals surface area contributed by atoms with Crippen molar-refractivity contribution in [3.05, 3.63) is 60.2 Å². The highest BCUT2D eigenvalue weighted by atomic mass is 16.5. The van der Waals surface area contributed by atoms with Gasteiger partial charge in [0.25, 0.3) is 0 Å². The van der Waals surface area contributed by atoms with Gasteiger partial charge in [-0.2, -0.15) is 0 Å². The summed E-state index contributed by atoms with van der Waals surface area (Å²) in [6.45, 7) is 3.93. The minimum Gasteiger partial charge on any atom is -0.491 e. The topological polar surface area (TPSA) is 58.6 Å². The molecule has 2 N–H and O–H groups in total. The highest BCUT2D eigenvalue weighted by Crippen LogP contribution is 2.18. The average Bonchev–Trinajstić information content (AvgIpc) is 2.49. The first-order chi connectivity index (χ1) is 10.5. The third kappa shape index (κ3) is 4.81. The number of hydrogen-bond donors (Lipinski definition) is 2. The first-order valence-electron chi connectivity index (χ1n) is 7.34. The molecular weight excluding hydrogens is 278 g/mol. The largest absolute Gasteiger partial charge is 0.491 e. The Labute approximate surface area is 130 Å². The molecule has 0 fully saturated rings. The molecule has 0 aromatic heterocycles. The van der Waals surface area contributed by atoms with Gasteiger partial charge in [0.2, 0.25) is 0 Å². The zero-order chi connectivity index (χ0) is 15.9. The Morgan fingerprint density at radius 1 is 1.09 bits per heavy atom. The maximum absolute atomic E-state index is 11.4. The highest BCUT2D eigenvalue weighted by molar-refractivity contribution is 5.77. The third-order valence-electron chi connectivity index (χ3n) is 3.15. The molecule has 0 spiro atoms. The molecule has 0 aliphatic rings. The minimum absolute atomic E-state index is 0.114. The Morgan fingerprint density at radius 3 is 2.27 bits per heavy atom. The number of aliphatic carboxylic acids is 1. The van der Waals surface area contributed by atoms with Crippen LogP contribution in [0.15, 0.2) is 54.6 Å². The van der Waals surface area contributed by atoms with Crippen molar-refractivity contribution in [2.75, 3.05) is 5.32 Å². The molecule has 2 aromatic rings. The lowest BCUT2D eigenvalue weighted by Gasteiger charge is -2.16. The molecule has 0 saturated heterocycles. The number of anilines is 1. The minimum atomic E-state index is -0.869. The molecule has 0 aliphatic carbocycles. The summed E-state index contributed by atoms with van der Waals surface area (Å²) in [6, 6.07) is 16.3. The molecule has 0 radical (unpaired) electrons. The van der Waals surface area contributed by atoms with E-state index in [9.17, 15) is 9.90 Å². The summed E-state index contributed by atoms with van der Waals surface area (Å²) in [5.74, 6) is -0.0955. The van der Waals surface area contributed by atoms with E-state index in [1.54, 1.807) is 0 Å². The van der Waals surface area contributed by atoms with Crippen LogP contribution in [0.5, 0.6) is 5.75 Å². The Morgan fingerprint density at radius 2 is 1.73 bits per heavy atom. The highest BCUT2D eigenvalue weighted by Gasteiger charge is 2.17. The Balaban J connectivity index is 2.03. The van der Waals surface area contributed by atoms with Crippen LogP contribution in [-0.4, -0.2) is 23.2 Å². The summed E-state index contributed by atoms with van der Waals surface area (Å²) in [5.41, 5.74) is 1.75. The van der Waals surface area contributed by atoms with Crippen molar-refractivity contribution in [3.63, 3.8) is 0 Å². The fraction of sp³-hybridized carbons (Fsp3) is 0.278. The van der Waals surface area contributed by atoms with Crippen molar-refractivity contribution in [2.24, 2.45) is 0 Å². The molecule has 22 heavy (non-hydrogen) atoms. The number of rotatable bonds is 7. The van der Waals surface area contributed by atoms with Crippen molar-refractivity contribution in [1.29, 1.82) is 0 Å². The lowest BCUT2D eigenvalue weighted by molar-refractivity contribution is -0.137. The number of carbonyl (C=O) groups is 1. The summed E-state index contributed by atoms with van der Waals surface area (Å²) in [4.78, 5) is 11.4. The third-order valence-corrected chi connectivity index (χ3v) is 3.15. The van der Waals surface area contributed by atoms with Gasteiger partial charge in [0.05, 0.1) is 6.10 Å². The van der Waals surface area contributed by atoms with E-state index < -0.39 is 12.0 Å². The molecule has 0 bridgehead atoms. The Kier molecular flexibility index (Phi) is 5.42. The molecule has 0 heterocycles. The monoisotopic (exact) mass is 299 g/mol. The van der Waals surface area contributed by atoms with Crippen molar-refractivity contribution >= 4 is 11.7 Å². The first kappa shape index (κ1) is 15.9. The van der Waals surface area contributed by atoms with Gasteiger partial charge < -0.3 is 15.2 Å². The van der Waals surface area contributed by atoms with E-state index in [1.807, 2.05) is 68.4 Å². The zero-order valence-corrected chi connectivity index (χ0v) is 12.8. The molecule has 0 aliphatic heterocycles. The van der Waals surface area contributed by atoms with Crippen LogP contribution in [0, 0.1) is 0 Å². The van der Waals surface area contributed by atoms with Crippen LogP contribution >= 0.6 is 0 Å². The fourth-order valence-corrected chi connectivity index (χ4v) is 2.15. The lowest BCUT2D eigenvalue weighted by Crippen LogP contribution is -2.31. The van der Waals surface area contributed by atoms with Crippen LogP contribution in [0.2, 0.25) is 0 Å². The second-order valence-corrected chi connectivity index (χ2v) is 5.42. The van der Waals surface area contributed by atoms with Crippen LogP contribution in [0.25, 0.3) is 0 Å². The predicted octanol–water partition coefficient (Wildman–Crippen LogP) is 3.58. The normalized spacial score (nSPS) is 12.0. The Hall–Kier alpha value is -2.49. The SMILES string of the molecule is CC(C)Oc1ccc(N[C@@H](Cc2ccccc2)C(=O)O)cc1. The maximum atomic E-state index is 11.4. The first-order valence-corrected chi connectivity index (χ1v) is 7.34. The molecule has 2 aromatic carbocycles. The van der Waals surface area contributed by atoms with Crippen molar-refractivity contribution in [3.8, 4) is 5.75 Å². The molecule has 116 valence electrons. The van der Waals surface area contributed by atoms with E-state index in [1.165, 1.54) is 0 Å². The van der Waals surface area contributed by atoms with E-state index in [4.69, 9.17) is 4.74 Å². The smallest absolute Gasteiger partial charge is 0.326 e. The standard InChI is InChI=1S/C18H21NO3/c1-13(2)22-16-10-8-15(9-11-16)19-17(18(20)21)12-14-6-4-3-5-7-14/h3-11,13,17,19H,12H2,1-2H3,(H,20,21)/t17-/m0/s1. The predicted molar refractivity (Wildman–Crippen MR) is 87.4 cm³/mol. The van der Waals surface area contributed by atoms with E-state index >= 15 is 0 Å². The molecule has 2 rings (SSSR count). The van der Waals surface area contributed by atoms with Crippen LogP contribution in [-0.2, 0) is 11.2 Å². The zero-order valence-electron chi connectivity index (χ0n) is 12.8. The van der Waals surface area contributed by atoms with Crippen LogP contribution < -0.4 is 10.1 Å². The molecule has 4 nitrogen and oxygen atoms in total.